The summed E-state index contributed by atoms with van der Waals surface area (Å²) in [7, 11) is 0. The van der Waals surface area contributed by atoms with Crippen LogP contribution in [0.4, 0.5) is 0 Å². The van der Waals surface area contributed by atoms with Crippen LogP contribution in [0.1, 0.15) is 37.0 Å². The SMILES string of the molecule is C=CC(C)=O.CCCc1ccc(Br)cc1.Cc1cccc(C)c1. The van der Waals surface area contributed by atoms with Gasteiger partial charge in [-0.2, -0.15) is 0 Å². The zero-order valence-corrected chi connectivity index (χ0v) is 16.2. The van der Waals surface area contributed by atoms with E-state index in [-0.39, 0.29) is 5.78 Å². The minimum Gasteiger partial charge on any atom is -0.295 e. The maximum absolute atomic E-state index is 9.69. The first kappa shape index (κ1) is 21.3. The fourth-order valence-corrected chi connectivity index (χ4v) is 2.01. The first-order valence-corrected chi connectivity index (χ1v) is 8.59. The summed E-state index contributed by atoms with van der Waals surface area (Å²) >= 11 is 3.40. The minimum atomic E-state index is 0.0185. The van der Waals surface area contributed by atoms with Crippen molar-refractivity contribution in [3.8, 4) is 0 Å². The molecule has 0 bridgehead atoms. The van der Waals surface area contributed by atoms with Crippen molar-refractivity contribution in [2.45, 2.75) is 40.5 Å². The maximum Gasteiger partial charge on any atom is 0.152 e. The van der Waals surface area contributed by atoms with Gasteiger partial charge in [-0.25, -0.2) is 0 Å². The van der Waals surface area contributed by atoms with Gasteiger partial charge in [-0.15, -0.1) is 0 Å². The summed E-state index contributed by atoms with van der Waals surface area (Å²) in [4.78, 5) is 9.69. The van der Waals surface area contributed by atoms with Crippen LogP contribution >= 0.6 is 15.9 Å². The lowest BCUT2D eigenvalue weighted by Crippen LogP contribution is -1.80. The average molecular weight is 375 g/mol. The molecule has 0 aliphatic rings. The van der Waals surface area contributed by atoms with Crippen LogP contribution in [0.2, 0.25) is 0 Å². The third-order valence-corrected chi connectivity index (χ3v) is 3.44. The fourth-order valence-electron chi connectivity index (χ4n) is 1.75. The molecule has 0 fully saturated rings. The van der Waals surface area contributed by atoms with Gasteiger partial charge in [0.1, 0.15) is 0 Å². The molecule has 0 aliphatic heterocycles. The van der Waals surface area contributed by atoms with Crippen molar-refractivity contribution in [3.05, 3.63) is 82.3 Å². The Labute approximate surface area is 149 Å². The van der Waals surface area contributed by atoms with Gasteiger partial charge in [0.05, 0.1) is 0 Å². The highest BCUT2D eigenvalue weighted by Gasteiger charge is 1.89. The molecular weight excluding hydrogens is 348 g/mol. The molecule has 0 saturated heterocycles. The summed E-state index contributed by atoms with van der Waals surface area (Å²) in [5, 5.41) is 0. The molecule has 0 amide bonds. The van der Waals surface area contributed by atoms with Crippen LogP contribution in [0.3, 0.4) is 0 Å². The second-order valence-corrected chi connectivity index (χ2v) is 6.27. The lowest BCUT2D eigenvalue weighted by Gasteiger charge is -1.96. The van der Waals surface area contributed by atoms with E-state index in [1.165, 1.54) is 42.5 Å². The summed E-state index contributed by atoms with van der Waals surface area (Å²) in [6.07, 6.45) is 3.69. The lowest BCUT2D eigenvalue weighted by molar-refractivity contribution is -0.112. The topological polar surface area (TPSA) is 17.1 Å². The van der Waals surface area contributed by atoms with Crippen LogP contribution in [0.15, 0.2) is 65.7 Å². The summed E-state index contributed by atoms with van der Waals surface area (Å²) in [5.41, 5.74) is 4.10. The van der Waals surface area contributed by atoms with E-state index in [4.69, 9.17) is 0 Å². The molecule has 2 aromatic carbocycles. The molecule has 0 radical (unpaired) electrons. The number of carbonyl (C=O) groups is 1. The Kier molecular flexibility index (Phi) is 11.9. The predicted molar refractivity (Wildman–Crippen MR) is 105 cm³/mol. The van der Waals surface area contributed by atoms with Crippen LogP contribution in [0, 0.1) is 13.8 Å². The molecular formula is C21H27BrO. The van der Waals surface area contributed by atoms with E-state index >= 15 is 0 Å². The lowest BCUT2D eigenvalue weighted by atomic mass is 10.1. The van der Waals surface area contributed by atoms with Gasteiger partial charge in [-0.1, -0.05) is 83.4 Å². The van der Waals surface area contributed by atoms with Gasteiger partial charge < -0.3 is 0 Å². The molecule has 2 rings (SSSR count). The van der Waals surface area contributed by atoms with Crippen molar-refractivity contribution >= 4 is 21.7 Å². The van der Waals surface area contributed by atoms with Gasteiger partial charge >= 0.3 is 0 Å². The monoisotopic (exact) mass is 374 g/mol. The van der Waals surface area contributed by atoms with Gasteiger partial charge in [0.15, 0.2) is 5.78 Å². The Morgan fingerprint density at radius 3 is 1.87 bits per heavy atom. The van der Waals surface area contributed by atoms with Crippen molar-refractivity contribution < 1.29 is 4.79 Å². The van der Waals surface area contributed by atoms with Crippen LogP contribution < -0.4 is 0 Å². The molecule has 2 heteroatoms. The number of aryl methyl sites for hydroxylation is 3. The average Bonchev–Trinajstić information content (AvgIpc) is 2.51. The molecule has 1 nitrogen and oxygen atoms in total. The van der Waals surface area contributed by atoms with Crippen LogP contribution in [0.25, 0.3) is 0 Å². The Balaban J connectivity index is 0.000000335. The molecule has 124 valence electrons. The van der Waals surface area contributed by atoms with E-state index in [1.54, 1.807) is 0 Å². The molecule has 2 aromatic rings. The van der Waals surface area contributed by atoms with E-state index in [0.29, 0.717) is 0 Å². The van der Waals surface area contributed by atoms with E-state index in [1.807, 2.05) is 0 Å². The first-order valence-electron chi connectivity index (χ1n) is 7.79. The van der Waals surface area contributed by atoms with E-state index in [0.717, 1.165) is 4.47 Å². The normalized spacial score (nSPS) is 8.91. The summed E-state index contributed by atoms with van der Waals surface area (Å²) < 4.78 is 1.16. The van der Waals surface area contributed by atoms with Crippen LogP contribution in [-0.2, 0) is 11.2 Å². The molecule has 0 heterocycles. The quantitative estimate of drug-likeness (QED) is 0.562. The molecule has 0 spiro atoms. The van der Waals surface area contributed by atoms with Gasteiger partial charge in [0.2, 0.25) is 0 Å². The van der Waals surface area contributed by atoms with Crippen LogP contribution in [-0.4, -0.2) is 5.78 Å². The molecule has 0 unspecified atom stereocenters. The molecule has 0 saturated carbocycles. The summed E-state index contributed by atoms with van der Waals surface area (Å²) in [6.45, 7) is 11.1. The first-order chi connectivity index (χ1) is 10.9. The standard InChI is InChI=1S/C9H11Br.C8H10.C4H6O/c1-2-3-8-4-6-9(10)7-5-8;1-7-4-3-5-8(2)6-7;1-3-4(2)5/h4-7H,2-3H2,1H3;3-6H,1-2H3;3H,1H2,2H3. The Hall–Kier alpha value is -1.67. The van der Waals surface area contributed by atoms with Gasteiger partial charge in [0.25, 0.3) is 0 Å². The summed E-state index contributed by atoms with van der Waals surface area (Å²) in [5.74, 6) is 0.0185. The molecule has 0 aliphatic carbocycles. The number of hydrogen-bond acceptors (Lipinski definition) is 1. The molecule has 0 N–H and O–H groups in total. The van der Waals surface area contributed by atoms with E-state index < -0.39 is 0 Å². The minimum absolute atomic E-state index is 0.0185. The predicted octanol–water partition coefficient (Wildman–Crippen LogP) is 6.47. The third kappa shape index (κ3) is 12.5. The van der Waals surface area contributed by atoms with Gasteiger partial charge in [-0.05, 0) is 51.0 Å². The van der Waals surface area contributed by atoms with Crippen molar-refractivity contribution in [3.63, 3.8) is 0 Å². The second-order valence-electron chi connectivity index (χ2n) is 5.35. The highest BCUT2D eigenvalue weighted by molar-refractivity contribution is 9.10. The zero-order chi connectivity index (χ0) is 17.7. The number of hydrogen-bond donors (Lipinski definition) is 0. The van der Waals surface area contributed by atoms with E-state index in [9.17, 15) is 4.79 Å². The number of benzene rings is 2. The zero-order valence-electron chi connectivity index (χ0n) is 14.6. The number of ketones is 1. The number of rotatable bonds is 3. The highest BCUT2D eigenvalue weighted by Crippen LogP contribution is 2.11. The highest BCUT2D eigenvalue weighted by atomic mass is 79.9. The molecule has 23 heavy (non-hydrogen) atoms. The summed E-state index contributed by atoms with van der Waals surface area (Å²) in [6, 6.07) is 16.9. The second kappa shape index (κ2) is 12.8. The molecule has 0 atom stereocenters. The number of halogens is 1. The largest absolute Gasteiger partial charge is 0.295 e. The van der Waals surface area contributed by atoms with Gasteiger partial charge in [0, 0.05) is 4.47 Å². The van der Waals surface area contributed by atoms with E-state index in [2.05, 4.69) is 91.8 Å². The van der Waals surface area contributed by atoms with Crippen molar-refractivity contribution in [1.29, 1.82) is 0 Å². The third-order valence-electron chi connectivity index (χ3n) is 2.91. The molecule has 0 aromatic heterocycles. The van der Waals surface area contributed by atoms with Crippen molar-refractivity contribution in [2.75, 3.05) is 0 Å². The van der Waals surface area contributed by atoms with Crippen molar-refractivity contribution in [2.24, 2.45) is 0 Å². The smallest absolute Gasteiger partial charge is 0.152 e. The Bertz CT molecular complexity index is 568. The van der Waals surface area contributed by atoms with Crippen LogP contribution in [0.5, 0.6) is 0 Å². The number of carbonyl (C=O) groups excluding carboxylic acids is 1. The number of allylic oxidation sites excluding steroid dienone is 1. The Morgan fingerprint density at radius 2 is 1.57 bits per heavy atom. The maximum atomic E-state index is 9.69. The van der Waals surface area contributed by atoms with Gasteiger partial charge in [-0.3, -0.25) is 4.79 Å². The van der Waals surface area contributed by atoms with Crippen molar-refractivity contribution in [1.82, 2.24) is 0 Å². The Morgan fingerprint density at radius 1 is 1.09 bits per heavy atom. The fraction of sp³-hybridized carbons (Fsp3) is 0.286.